The number of halogens is 2. The Labute approximate surface area is 127 Å². The van der Waals surface area contributed by atoms with Gasteiger partial charge in [-0.25, -0.2) is 9.37 Å². The van der Waals surface area contributed by atoms with E-state index in [4.69, 9.17) is 16.3 Å². The van der Waals surface area contributed by atoms with Crippen LogP contribution in [0.15, 0.2) is 30.5 Å². The molecule has 0 radical (unpaired) electrons. The number of rotatable bonds is 4. The van der Waals surface area contributed by atoms with Crippen molar-refractivity contribution in [3.05, 3.63) is 52.6 Å². The van der Waals surface area contributed by atoms with Crippen LogP contribution in [0, 0.1) is 5.82 Å². The van der Waals surface area contributed by atoms with Crippen molar-refractivity contribution >= 4 is 11.6 Å². The normalized spacial score (nSPS) is 17.9. The Bertz CT molecular complexity index is 632. The van der Waals surface area contributed by atoms with Gasteiger partial charge < -0.3 is 10.1 Å². The second-order valence-electron chi connectivity index (χ2n) is 4.94. The fourth-order valence-corrected chi connectivity index (χ4v) is 2.49. The van der Waals surface area contributed by atoms with E-state index in [-0.39, 0.29) is 18.7 Å². The molecule has 1 aliphatic rings. The molecule has 110 valence electrons. The molecule has 4 nitrogen and oxygen atoms in total. The van der Waals surface area contributed by atoms with Gasteiger partial charge in [0.15, 0.2) is 0 Å². The predicted molar refractivity (Wildman–Crippen MR) is 77.8 cm³/mol. The second kappa shape index (κ2) is 6.37. The van der Waals surface area contributed by atoms with Crippen molar-refractivity contribution in [2.24, 2.45) is 0 Å². The van der Waals surface area contributed by atoms with Gasteiger partial charge in [-0.1, -0.05) is 17.7 Å². The zero-order chi connectivity index (χ0) is 14.7. The van der Waals surface area contributed by atoms with Crippen molar-refractivity contribution in [2.45, 2.75) is 25.5 Å². The smallest absolute Gasteiger partial charge is 0.316 e. The first-order chi connectivity index (χ1) is 10.2. The highest BCUT2D eigenvalue weighted by Gasteiger charge is 2.18. The summed E-state index contributed by atoms with van der Waals surface area (Å²) in [5.41, 5.74) is 1.33. The highest BCUT2D eigenvalue weighted by atomic mass is 35.5. The Hall–Kier alpha value is -1.72. The third-order valence-corrected chi connectivity index (χ3v) is 3.68. The van der Waals surface area contributed by atoms with E-state index in [2.05, 4.69) is 15.3 Å². The fourth-order valence-electron chi connectivity index (χ4n) is 2.34. The monoisotopic (exact) mass is 307 g/mol. The molecule has 0 bridgehead atoms. The lowest BCUT2D eigenvalue weighted by atomic mass is 10.1. The van der Waals surface area contributed by atoms with Crippen LogP contribution in [0.5, 0.6) is 6.01 Å². The molecule has 0 spiro atoms. The molecule has 1 atom stereocenters. The molecule has 3 rings (SSSR count). The predicted octanol–water partition coefficient (Wildman–Crippen LogP) is 3.27. The van der Waals surface area contributed by atoms with E-state index in [0.717, 1.165) is 25.1 Å². The molecule has 1 saturated heterocycles. The van der Waals surface area contributed by atoms with Gasteiger partial charge in [-0.2, -0.15) is 4.98 Å². The summed E-state index contributed by atoms with van der Waals surface area (Å²) >= 11 is 5.72. The van der Waals surface area contributed by atoms with Crippen LogP contribution in [-0.4, -0.2) is 16.5 Å². The van der Waals surface area contributed by atoms with Gasteiger partial charge >= 0.3 is 6.01 Å². The van der Waals surface area contributed by atoms with Gasteiger partial charge in [0.1, 0.15) is 12.4 Å². The number of ether oxygens (including phenoxy) is 1. The number of hydrogen-bond acceptors (Lipinski definition) is 4. The summed E-state index contributed by atoms with van der Waals surface area (Å²) in [7, 11) is 0. The maximum atomic E-state index is 13.7. The third kappa shape index (κ3) is 3.49. The molecule has 1 aromatic carbocycles. The quantitative estimate of drug-likeness (QED) is 0.941. The molecule has 2 heterocycles. The molecule has 1 fully saturated rings. The largest absolute Gasteiger partial charge is 0.458 e. The minimum absolute atomic E-state index is 0.0740. The number of nitrogens with one attached hydrogen (secondary N) is 1. The van der Waals surface area contributed by atoms with Gasteiger partial charge in [-0.3, -0.25) is 0 Å². The van der Waals surface area contributed by atoms with Crippen LogP contribution in [0.1, 0.15) is 30.1 Å². The lowest BCUT2D eigenvalue weighted by molar-refractivity contribution is 0.273. The Morgan fingerprint density at radius 3 is 3.05 bits per heavy atom. The first-order valence-electron chi connectivity index (χ1n) is 6.85. The van der Waals surface area contributed by atoms with E-state index in [1.54, 1.807) is 18.3 Å². The molecule has 1 aliphatic heterocycles. The molecule has 1 aromatic heterocycles. The van der Waals surface area contributed by atoms with E-state index in [1.165, 1.54) is 6.07 Å². The molecule has 6 heteroatoms. The standard InChI is InChI=1S/C15H15ClFN3O/c16-11-4-3-10(12(17)8-11)9-21-15-19-7-5-14(20-15)13-2-1-6-18-13/h3-5,7-8,13,18H,1-2,6,9H2. The summed E-state index contributed by atoms with van der Waals surface area (Å²) in [5, 5.41) is 3.73. The molecule has 0 saturated carbocycles. The summed E-state index contributed by atoms with van der Waals surface area (Å²) in [5.74, 6) is -0.392. The van der Waals surface area contributed by atoms with Crippen molar-refractivity contribution in [1.29, 1.82) is 0 Å². The number of aromatic nitrogens is 2. The average molecular weight is 308 g/mol. The summed E-state index contributed by atoms with van der Waals surface area (Å²) < 4.78 is 19.1. The number of hydrogen-bond donors (Lipinski definition) is 1. The van der Waals surface area contributed by atoms with Crippen molar-refractivity contribution in [3.63, 3.8) is 0 Å². The summed E-state index contributed by atoms with van der Waals surface area (Å²) in [6.45, 7) is 1.07. The number of benzene rings is 1. The lowest BCUT2D eigenvalue weighted by Crippen LogP contribution is -2.15. The van der Waals surface area contributed by atoms with Gasteiger partial charge in [0, 0.05) is 22.8 Å². The van der Waals surface area contributed by atoms with E-state index < -0.39 is 5.82 Å². The van der Waals surface area contributed by atoms with Gasteiger partial charge in [-0.05, 0) is 37.6 Å². The Balaban J connectivity index is 1.68. The maximum absolute atomic E-state index is 13.7. The second-order valence-corrected chi connectivity index (χ2v) is 5.37. The Kier molecular flexibility index (Phi) is 4.31. The molecule has 1 unspecified atom stereocenters. The highest BCUT2D eigenvalue weighted by Crippen LogP contribution is 2.22. The van der Waals surface area contributed by atoms with Gasteiger partial charge in [0.05, 0.1) is 5.69 Å². The third-order valence-electron chi connectivity index (χ3n) is 3.44. The summed E-state index contributed by atoms with van der Waals surface area (Å²) in [6.07, 6.45) is 3.86. The van der Waals surface area contributed by atoms with Crippen LogP contribution in [0.3, 0.4) is 0 Å². The zero-order valence-electron chi connectivity index (χ0n) is 11.4. The van der Waals surface area contributed by atoms with Crippen LogP contribution < -0.4 is 10.1 Å². The molecule has 21 heavy (non-hydrogen) atoms. The van der Waals surface area contributed by atoms with E-state index in [9.17, 15) is 4.39 Å². The van der Waals surface area contributed by atoms with Crippen LogP contribution in [0.2, 0.25) is 5.02 Å². The van der Waals surface area contributed by atoms with Gasteiger partial charge in [0.25, 0.3) is 0 Å². The van der Waals surface area contributed by atoms with Crippen molar-refractivity contribution in [3.8, 4) is 6.01 Å². The SMILES string of the molecule is Fc1cc(Cl)ccc1COc1nccc(C2CCCN2)n1. The maximum Gasteiger partial charge on any atom is 0.316 e. The van der Waals surface area contributed by atoms with Crippen molar-refractivity contribution in [1.82, 2.24) is 15.3 Å². The van der Waals surface area contributed by atoms with E-state index in [1.807, 2.05) is 6.07 Å². The van der Waals surface area contributed by atoms with E-state index >= 15 is 0 Å². The van der Waals surface area contributed by atoms with Crippen LogP contribution >= 0.6 is 11.6 Å². The van der Waals surface area contributed by atoms with Crippen molar-refractivity contribution < 1.29 is 9.13 Å². The minimum Gasteiger partial charge on any atom is -0.458 e. The zero-order valence-corrected chi connectivity index (χ0v) is 12.1. The Morgan fingerprint density at radius 2 is 2.29 bits per heavy atom. The molecule has 2 aromatic rings. The minimum atomic E-state index is -0.392. The molecular weight excluding hydrogens is 293 g/mol. The van der Waals surface area contributed by atoms with Crippen LogP contribution in [-0.2, 0) is 6.61 Å². The molecule has 0 aliphatic carbocycles. The fraction of sp³-hybridized carbons (Fsp3) is 0.333. The molecule has 0 amide bonds. The van der Waals surface area contributed by atoms with E-state index in [0.29, 0.717) is 10.6 Å². The van der Waals surface area contributed by atoms with Crippen LogP contribution in [0.25, 0.3) is 0 Å². The Morgan fingerprint density at radius 1 is 1.38 bits per heavy atom. The topological polar surface area (TPSA) is 47.0 Å². The molecular formula is C15H15ClFN3O. The average Bonchev–Trinajstić information content (AvgIpc) is 3.01. The van der Waals surface area contributed by atoms with Gasteiger partial charge in [0.2, 0.25) is 0 Å². The first-order valence-corrected chi connectivity index (χ1v) is 7.23. The first kappa shape index (κ1) is 14.2. The van der Waals surface area contributed by atoms with Crippen LogP contribution in [0.4, 0.5) is 4.39 Å². The van der Waals surface area contributed by atoms with Crippen molar-refractivity contribution in [2.75, 3.05) is 6.54 Å². The summed E-state index contributed by atoms with van der Waals surface area (Å²) in [6, 6.07) is 6.88. The molecule has 1 N–H and O–H groups in total. The summed E-state index contributed by atoms with van der Waals surface area (Å²) in [4.78, 5) is 8.44. The lowest BCUT2D eigenvalue weighted by Gasteiger charge is -2.11. The van der Waals surface area contributed by atoms with Gasteiger partial charge in [-0.15, -0.1) is 0 Å². The number of nitrogens with zero attached hydrogens (tertiary/aromatic N) is 2. The highest BCUT2D eigenvalue weighted by molar-refractivity contribution is 6.30.